The van der Waals surface area contributed by atoms with E-state index in [1.54, 1.807) is 0 Å². The lowest BCUT2D eigenvalue weighted by Crippen LogP contribution is -2.34. The molecule has 1 aromatic rings. The van der Waals surface area contributed by atoms with E-state index in [1.807, 2.05) is 0 Å². The van der Waals surface area contributed by atoms with Crippen LogP contribution in [0.15, 0.2) is 17.0 Å². The number of carbonyl (C=O) groups is 1. The van der Waals surface area contributed by atoms with Gasteiger partial charge in [0.15, 0.2) is 0 Å². The van der Waals surface area contributed by atoms with E-state index in [0.717, 1.165) is 0 Å². The number of nitrogens with one attached hydrogen (secondary N) is 1. The molecule has 1 N–H and O–H groups in total. The van der Waals surface area contributed by atoms with E-state index in [1.165, 1.54) is 5.32 Å². The van der Waals surface area contributed by atoms with E-state index in [4.69, 9.17) is 10.7 Å². The van der Waals surface area contributed by atoms with Gasteiger partial charge < -0.3 is 5.32 Å². The molecule has 0 saturated carbocycles. The Morgan fingerprint density at radius 1 is 1.20 bits per heavy atom. The summed E-state index contributed by atoms with van der Waals surface area (Å²) < 4.78 is 84.0. The highest BCUT2D eigenvalue weighted by atomic mass is 35.7. The van der Waals surface area contributed by atoms with E-state index >= 15 is 0 Å². The molecule has 4 nitrogen and oxygen atoms in total. The van der Waals surface area contributed by atoms with Gasteiger partial charge in [-0.25, -0.2) is 17.2 Å². The first-order valence-electron chi connectivity index (χ1n) is 4.70. The predicted molar refractivity (Wildman–Crippen MR) is 57.8 cm³/mol. The van der Waals surface area contributed by atoms with E-state index in [2.05, 4.69) is 0 Å². The summed E-state index contributed by atoms with van der Waals surface area (Å²) in [6.07, 6.45) is -4.74. The molecule has 0 bridgehead atoms. The van der Waals surface area contributed by atoms with Gasteiger partial charge in [-0.3, -0.25) is 4.79 Å². The lowest BCUT2D eigenvalue weighted by Gasteiger charge is -2.10. The first kappa shape index (κ1) is 16.6. The van der Waals surface area contributed by atoms with E-state index in [-0.39, 0.29) is 12.1 Å². The van der Waals surface area contributed by atoms with Crippen LogP contribution in [0.25, 0.3) is 0 Å². The molecular weight excluding hydrogens is 333 g/mol. The molecule has 1 rings (SSSR count). The number of rotatable bonds is 3. The summed E-state index contributed by atoms with van der Waals surface area (Å²) in [6.45, 7) is -1.76. The molecule has 1 aromatic carbocycles. The molecule has 20 heavy (non-hydrogen) atoms. The highest BCUT2D eigenvalue weighted by Crippen LogP contribution is 2.23. The Kier molecular flexibility index (Phi) is 4.59. The van der Waals surface area contributed by atoms with Crippen molar-refractivity contribution in [3.63, 3.8) is 0 Å². The molecule has 0 aliphatic carbocycles. The number of hydrogen-bond donors (Lipinski definition) is 1. The van der Waals surface area contributed by atoms with Crippen molar-refractivity contribution in [3.05, 3.63) is 29.3 Å². The van der Waals surface area contributed by atoms with Crippen LogP contribution >= 0.6 is 10.7 Å². The maximum Gasteiger partial charge on any atom is 0.405 e. The third-order valence-corrected chi connectivity index (χ3v) is 3.32. The summed E-state index contributed by atoms with van der Waals surface area (Å²) in [5.74, 6) is -4.64. The highest BCUT2D eigenvalue weighted by Gasteiger charge is 2.29. The first-order chi connectivity index (χ1) is 8.92. The molecule has 0 aliphatic heterocycles. The summed E-state index contributed by atoms with van der Waals surface area (Å²) in [7, 11) is 0.219. The third kappa shape index (κ3) is 4.30. The molecule has 112 valence electrons. The lowest BCUT2D eigenvalue weighted by molar-refractivity contribution is -0.123. The fourth-order valence-corrected chi connectivity index (χ4v) is 2.07. The van der Waals surface area contributed by atoms with Gasteiger partial charge in [0, 0.05) is 16.7 Å². The van der Waals surface area contributed by atoms with Crippen LogP contribution in [0.5, 0.6) is 0 Å². The van der Waals surface area contributed by atoms with Gasteiger partial charge in [-0.2, -0.15) is 13.2 Å². The van der Waals surface area contributed by atoms with Gasteiger partial charge in [0.25, 0.3) is 15.0 Å². The van der Waals surface area contributed by atoms with Crippen LogP contribution in [-0.4, -0.2) is 27.0 Å². The van der Waals surface area contributed by atoms with Crippen molar-refractivity contribution in [2.45, 2.75) is 11.1 Å². The van der Waals surface area contributed by atoms with Crippen molar-refractivity contribution < 1.29 is 35.2 Å². The van der Waals surface area contributed by atoms with E-state index in [9.17, 15) is 35.2 Å². The molecule has 0 radical (unpaired) electrons. The van der Waals surface area contributed by atoms with Crippen LogP contribution in [0.3, 0.4) is 0 Å². The molecule has 0 atom stereocenters. The van der Waals surface area contributed by atoms with Crippen molar-refractivity contribution in [2.24, 2.45) is 0 Å². The zero-order valence-corrected chi connectivity index (χ0v) is 10.8. The van der Waals surface area contributed by atoms with Gasteiger partial charge in [-0.1, -0.05) is 0 Å². The van der Waals surface area contributed by atoms with Crippen LogP contribution in [-0.2, 0) is 9.05 Å². The molecule has 0 fully saturated rings. The summed E-state index contributed by atoms with van der Waals surface area (Å²) in [6, 6.07) is 0.260. The van der Waals surface area contributed by atoms with Crippen molar-refractivity contribution in [3.8, 4) is 0 Å². The third-order valence-electron chi connectivity index (χ3n) is 1.98. The van der Waals surface area contributed by atoms with Crippen molar-refractivity contribution in [2.75, 3.05) is 6.54 Å². The first-order valence-corrected chi connectivity index (χ1v) is 7.01. The molecule has 0 unspecified atom stereocenters. The molecule has 0 aliphatic rings. The summed E-state index contributed by atoms with van der Waals surface area (Å²) in [5, 5.41) is 1.31. The van der Waals surface area contributed by atoms with Crippen molar-refractivity contribution >= 4 is 25.6 Å². The number of carbonyl (C=O) groups excluding carboxylic acids is 1. The van der Waals surface area contributed by atoms with Crippen LogP contribution in [0, 0.1) is 11.6 Å². The van der Waals surface area contributed by atoms with Gasteiger partial charge in [0.05, 0.1) is 5.56 Å². The van der Waals surface area contributed by atoms with Gasteiger partial charge >= 0.3 is 6.18 Å². The Balaban J connectivity index is 3.16. The number of amides is 1. The van der Waals surface area contributed by atoms with Crippen molar-refractivity contribution in [1.29, 1.82) is 0 Å². The van der Waals surface area contributed by atoms with Crippen molar-refractivity contribution in [1.82, 2.24) is 5.32 Å². The predicted octanol–water partition coefficient (Wildman–Crippen LogP) is 2.18. The average molecular weight is 338 g/mol. The standard InChI is InChI=1S/C9H5ClF5NO3S/c10-20(18,19)7-1-4(5(11)2-6(7)12)8(17)16-3-9(13,14)15/h1-2H,3H2,(H,16,17). The normalized spacial score (nSPS) is 12.3. The number of hydrogen-bond acceptors (Lipinski definition) is 3. The summed E-state index contributed by atoms with van der Waals surface area (Å²) in [4.78, 5) is 10.1. The zero-order valence-electron chi connectivity index (χ0n) is 9.26. The van der Waals surface area contributed by atoms with Gasteiger partial charge in [-0.05, 0) is 6.07 Å². The number of alkyl halides is 3. The Bertz CT molecular complexity index is 644. The molecule has 0 aromatic heterocycles. The monoisotopic (exact) mass is 337 g/mol. The quantitative estimate of drug-likeness (QED) is 0.679. The maximum absolute atomic E-state index is 13.3. The van der Waals surface area contributed by atoms with Crippen LogP contribution in [0.4, 0.5) is 22.0 Å². The van der Waals surface area contributed by atoms with Crippen LogP contribution in [0.2, 0.25) is 0 Å². The second-order valence-electron chi connectivity index (χ2n) is 3.50. The minimum Gasteiger partial charge on any atom is -0.343 e. The molecular formula is C9H5ClF5NO3S. The molecule has 0 saturated heterocycles. The Labute approximate surface area is 113 Å². The largest absolute Gasteiger partial charge is 0.405 e. The SMILES string of the molecule is O=C(NCC(F)(F)F)c1cc(S(=O)(=O)Cl)c(F)cc1F. The minimum absolute atomic E-state index is 0.0394. The summed E-state index contributed by atoms with van der Waals surface area (Å²) in [5.41, 5.74) is -1.07. The number of benzene rings is 1. The smallest absolute Gasteiger partial charge is 0.343 e. The fourth-order valence-electron chi connectivity index (χ4n) is 1.17. The zero-order chi connectivity index (χ0) is 15.7. The van der Waals surface area contributed by atoms with Gasteiger partial charge in [-0.15, -0.1) is 0 Å². The average Bonchev–Trinajstić information content (AvgIpc) is 2.23. The Morgan fingerprint density at radius 2 is 1.75 bits per heavy atom. The maximum atomic E-state index is 13.3. The van der Waals surface area contributed by atoms with Gasteiger partial charge in [0.1, 0.15) is 23.1 Å². The molecule has 11 heteroatoms. The molecule has 0 heterocycles. The second kappa shape index (κ2) is 5.52. The second-order valence-corrected chi connectivity index (χ2v) is 6.03. The topological polar surface area (TPSA) is 63.2 Å². The summed E-state index contributed by atoms with van der Waals surface area (Å²) >= 11 is 0. The highest BCUT2D eigenvalue weighted by molar-refractivity contribution is 8.13. The van der Waals surface area contributed by atoms with E-state index < -0.39 is 49.8 Å². The van der Waals surface area contributed by atoms with Crippen LogP contribution in [0.1, 0.15) is 10.4 Å². The Morgan fingerprint density at radius 3 is 2.20 bits per heavy atom. The van der Waals surface area contributed by atoms with Gasteiger partial charge in [0.2, 0.25) is 0 Å². The minimum atomic E-state index is -4.74. The fraction of sp³-hybridized carbons (Fsp3) is 0.222. The van der Waals surface area contributed by atoms with E-state index in [0.29, 0.717) is 0 Å². The lowest BCUT2D eigenvalue weighted by atomic mass is 10.2. The Hall–Kier alpha value is -1.42. The number of halogens is 6. The molecule has 1 amide bonds. The molecule has 0 spiro atoms. The van der Waals surface area contributed by atoms with Crippen LogP contribution < -0.4 is 5.32 Å².